The molecule has 1 heterocycles. The third-order valence-corrected chi connectivity index (χ3v) is 4.23. The van der Waals surface area contributed by atoms with Gasteiger partial charge in [0.25, 0.3) is 0 Å². The van der Waals surface area contributed by atoms with Gasteiger partial charge in [-0.3, -0.25) is 10.2 Å². The van der Waals surface area contributed by atoms with Crippen LogP contribution >= 0.6 is 0 Å². The van der Waals surface area contributed by atoms with Gasteiger partial charge in [0, 0.05) is 19.1 Å². The zero-order valence-electron chi connectivity index (χ0n) is 13.5. The first-order valence-electron chi connectivity index (χ1n) is 8.06. The first-order chi connectivity index (χ1) is 10.6. The summed E-state index contributed by atoms with van der Waals surface area (Å²) in [6, 6.07) is 10.2. The summed E-state index contributed by atoms with van der Waals surface area (Å²) in [6.07, 6.45) is 1.60. The molecule has 2 atom stereocenters. The van der Waals surface area contributed by atoms with Gasteiger partial charge in [-0.25, -0.2) is 5.43 Å². The van der Waals surface area contributed by atoms with E-state index in [4.69, 9.17) is 0 Å². The predicted octanol–water partition coefficient (Wildman–Crippen LogP) is 0.941. The lowest BCUT2D eigenvalue weighted by Gasteiger charge is -2.25. The van der Waals surface area contributed by atoms with E-state index in [0.29, 0.717) is 25.0 Å². The normalized spacial score (nSPS) is 21.3. The average molecular weight is 305 g/mol. The van der Waals surface area contributed by atoms with Crippen LogP contribution in [-0.2, 0) is 11.2 Å². The van der Waals surface area contributed by atoms with Gasteiger partial charge in [0.05, 0.1) is 6.61 Å². The van der Waals surface area contributed by atoms with Gasteiger partial charge in [0.1, 0.15) is 6.04 Å². The predicted molar refractivity (Wildman–Crippen MR) is 87.1 cm³/mol. The van der Waals surface area contributed by atoms with Crippen LogP contribution in [0.25, 0.3) is 0 Å². The molecule has 1 saturated heterocycles. The molecular formula is C17H27N3O2. The Kier molecular flexibility index (Phi) is 6.36. The van der Waals surface area contributed by atoms with E-state index in [1.807, 2.05) is 18.2 Å². The fourth-order valence-corrected chi connectivity index (χ4v) is 2.76. The van der Waals surface area contributed by atoms with E-state index < -0.39 is 0 Å². The minimum atomic E-state index is -0.199. The van der Waals surface area contributed by atoms with Crippen LogP contribution in [0, 0.1) is 5.92 Å². The Morgan fingerprint density at radius 3 is 2.59 bits per heavy atom. The van der Waals surface area contributed by atoms with Crippen LogP contribution in [-0.4, -0.2) is 47.7 Å². The maximum Gasteiger partial charge on any atom is 0.241 e. The number of carbonyl (C=O) groups is 1. The van der Waals surface area contributed by atoms with E-state index in [2.05, 4.69) is 36.8 Å². The van der Waals surface area contributed by atoms with E-state index in [1.54, 1.807) is 4.90 Å². The zero-order valence-corrected chi connectivity index (χ0v) is 13.5. The highest BCUT2D eigenvalue weighted by Crippen LogP contribution is 2.15. The van der Waals surface area contributed by atoms with Crippen LogP contribution in [0.1, 0.15) is 25.8 Å². The molecule has 0 aliphatic carbocycles. The Labute approximate surface area is 132 Å². The second-order valence-electron chi connectivity index (χ2n) is 6.21. The van der Waals surface area contributed by atoms with Crippen LogP contribution in [0.3, 0.4) is 0 Å². The lowest BCUT2D eigenvalue weighted by atomic mass is 9.99. The van der Waals surface area contributed by atoms with Gasteiger partial charge in [-0.15, -0.1) is 0 Å². The first-order valence-corrected chi connectivity index (χ1v) is 8.06. The van der Waals surface area contributed by atoms with Crippen LogP contribution in [0.15, 0.2) is 30.3 Å². The van der Waals surface area contributed by atoms with E-state index in [0.717, 1.165) is 12.8 Å². The van der Waals surface area contributed by atoms with Crippen molar-refractivity contribution in [3.05, 3.63) is 35.9 Å². The number of aliphatic hydroxyl groups excluding tert-OH is 1. The molecule has 1 aromatic carbocycles. The summed E-state index contributed by atoms with van der Waals surface area (Å²) in [5.41, 5.74) is 7.50. The molecule has 0 bridgehead atoms. The molecule has 3 N–H and O–H groups in total. The van der Waals surface area contributed by atoms with E-state index in [9.17, 15) is 9.90 Å². The van der Waals surface area contributed by atoms with Crippen molar-refractivity contribution >= 4 is 5.91 Å². The van der Waals surface area contributed by atoms with Crippen molar-refractivity contribution < 1.29 is 9.90 Å². The standard InChI is InChI=1S/C17H27N3O2/c1-13(2)15-12-16(19-18-15)17(22)20(10-11-21)9-8-14-6-4-3-5-7-14/h3-7,13,15-16,18-19,21H,8-12H2,1-2H3. The smallest absolute Gasteiger partial charge is 0.241 e. The molecule has 1 aliphatic heterocycles. The quantitative estimate of drug-likeness (QED) is 0.701. The molecule has 5 heteroatoms. The van der Waals surface area contributed by atoms with Gasteiger partial charge >= 0.3 is 0 Å². The molecule has 1 aromatic rings. The Hall–Kier alpha value is -1.43. The highest BCUT2D eigenvalue weighted by molar-refractivity contribution is 5.82. The van der Waals surface area contributed by atoms with Crippen molar-refractivity contribution in [2.45, 2.75) is 38.8 Å². The number of carbonyl (C=O) groups excluding carboxylic acids is 1. The van der Waals surface area contributed by atoms with Crippen molar-refractivity contribution in [1.82, 2.24) is 15.8 Å². The third-order valence-electron chi connectivity index (χ3n) is 4.23. The number of nitrogens with zero attached hydrogens (tertiary/aromatic N) is 1. The summed E-state index contributed by atoms with van der Waals surface area (Å²) in [4.78, 5) is 14.4. The van der Waals surface area contributed by atoms with E-state index >= 15 is 0 Å². The monoisotopic (exact) mass is 305 g/mol. The molecule has 0 saturated carbocycles. The molecule has 2 rings (SSSR count). The molecule has 22 heavy (non-hydrogen) atoms. The summed E-state index contributed by atoms with van der Waals surface area (Å²) in [7, 11) is 0. The maximum absolute atomic E-state index is 12.6. The maximum atomic E-state index is 12.6. The summed E-state index contributed by atoms with van der Waals surface area (Å²) in [5, 5.41) is 9.24. The number of nitrogens with one attached hydrogen (secondary N) is 2. The topological polar surface area (TPSA) is 64.6 Å². The van der Waals surface area contributed by atoms with Crippen LogP contribution in [0.4, 0.5) is 0 Å². The Bertz CT molecular complexity index is 464. The average Bonchev–Trinajstić information content (AvgIpc) is 3.02. The van der Waals surface area contributed by atoms with Crippen LogP contribution < -0.4 is 10.9 Å². The van der Waals surface area contributed by atoms with Crippen molar-refractivity contribution in [2.24, 2.45) is 5.92 Å². The van der Waals surface area contributed by atoms with Gasteiger partial charge in [0.15, 0.2) is 0 Å². The second-order valence-corrected chi connectivity index (χ2v) is 6.21. The fourth-order valence-electron chi connectivity index (χ4n) is 2.76. The summed E-state index contributed by atoms with van der Waals surface area (Å²) < 4.78 is 0. The number of aliphatic hydroxyl groups is 1. The number of hydrazine groups is 1. The minimum Gasteiger partial charge on any atom is -0.395 e. The second kappa shape index (κ2) is 8.27. The number of benzene rings is 1. The molecule has 122 valence electrons. The number of rotatable bonds is 7. The van der Waals surface area contributed by atoms with Gasteiger partial charge in [-0.2, -0.15) is 0 Å². The number of hydrogen-bond donors (Lipinski definition) is 3. The third kappa shape index (κ3) is 4.53. The van der Waals surface area contributed by atoms with Crippen molar-refractivity contribution in [3.63, 3.8) is 0 Å². The van der Waals surface area contributed by atoms with Crippen LogP contribution in [0.2, 0.25) is 0 Å². The van der Waals surface area contributed by atoms with Crippen molar-refractivity contribution in [3.8, 4) is 0 Å². The molecule has 1 fully saturated rings. The minimum absolute atomic E-state index is 0.00567. The van der Waals surface area contributed by atoms with E-state index in [-0.39, 0.29) is 18.6 Å². The highest BCUT2D eigenvalue weighted by Gasteiger charge is 2.33. The van der Waals surface area contributed by atoms with Gasteiger partial charge in [0.2, 0.25) is 5.91 Å². The molecule has 0 radical (unpaired) electrons. The molecular weight excluding hydrogens is 278 g/mol. The molecule has 1 amide bonds. The Morgan fingerprint density at radius 2 is 2.00 bits per heavy atom. The molecule has 5 nitrogen and oxygen atoms in total. The molecule has 2 unspecified atom stereocenters. The highest BCUT2D eigenvalue weighted by atomic mass is 16.3. The SMILES string of the molecule is CC(C)C1CC(C(=O)N(CCO)CCc2ccccc2)NN1. The lowest BCUT2D eigenvalue weighted by Crippen LogP contribution is -2.47. The van der Waals surface area contributed by atoms with Gasteiger partial charge in [-0.05, 0) is 24.3 Å². The Balaban J connectivity index is 1.91. The van der Waals surface area contributed by atoms with Crippen LogP contribution in [0.5, 0.6) is 0 Å². The fraction of sp³-hybridized carbons (Fsp3) is 0.588. The van der Waals surface area contributed by atoms with Gasteiger partial charge < -0.3 is 10.0 Å². The zero-order chi connectivity index (χ0) is 15.9. The largest absolute Gasteiger partial charge is 0.395 e. The summed E-state index contributed by atoms with van der Waals surface area (Å²) in [6.45, 7) is 5.30. The van der Waals surface area contributed by atoms with Gasteiger partial charge in [-0.1, -0.05) is 44.2 Å². The molecule has 1 aliphatic rings. The first kappa shape index (κ1) is 16.9. The van der Waals surface area contributed by atoms with Crippen molar-refractivity contribution in [2.75, 3.05) is 19.7 Å². The number of hydrogen-bond acceptors (Lipinski definition) is 4. The molecule has 0 aromatic heterocycles. The number of amides is 1. The van der Waals surface area contributed by atoms with E-state index in [1.165, 1.54) is 5.56 Å². The Morgan fingerprint density at radius 1 is 1.27 bits per heavy atom. The lowest BCUT2D eigenvalue weighted by molar-refractivity contribution is -0.133. The van der Waals surface area contributed by atoms with Crippen molar-refractivity contribution in [1.29, 1.82) is 0 Å². The summed E-state index contributed by atoms with van der Waals surface area (Å²) >= 11 is 0. The summed E-state index contributed by atoms with van der Waals surface area (Å²) in [5.74, 6) is 0.557. The molecule has 0 spiro atoms.